The second kappa shape index (κ2) is 6.99. The molecule has 1 amide bonds. The average Bonchev–Trinajstić information content (AvgIpc) is 3.12. The van der Waals surface area contributed by atoms with Gasteiger partial charge in [0.05, 0.1) is 16.8 Å². The summed E-state index contributed by atoms with van der Waals surface area (Å²) in [5, 5.41) is 9.47. The number of carbonyl (C=O) groups excluding carboxylic acids is 1. The quantitative estimate of drug-likeness (QED) is 0.731. The van der Waals surface area contributed by atoms with Crippen molar-refractivity contribution >= 4 is 22.4 Å². The van der Waals surface area contributed by atoms with Crippen LogP contribution in [0.15, 0.2) is 76.1 Å². The van der Waals surface area contributed by atoms with Crippen LogP contribution in [0.3, 0.4) is 0 Å². The molecule has 1 aliphatic rings. The average molecular weight is 358 g/mol. The van der Waals surface area contributed by atoms with Gasteiger partial charge in [-0.2, -0.15) is 14.9 Å². The Kier molecular flexibility index (Phi) is 4.38. The Balaban J connectivity index is 1.81. The molecule has 0 bridgehead atoms. The number of aromatic nitrogens is 2. The largest absolute Gasteiger partial charge is 0.292 e. The van der Waals surface area contributed by atoms with E-state index in [0.29, 0.717) is 16.5 Å². The van der Waals surface area contributed by atoms with Crippen LogP contribution in [0.25, 0.3) is 16.5 Å². The van der Waals surface area contributed by atoms with Crippen molar-refractivity contribution in [3.8, 4) is 5.69 Å². The van der Waals surface area contributed by atoms with Gasteiger partial charge in [-0.3, -0.25) is 9.59 Å². The normalized spacial score (nSPS) is 15.1. The van der Waals surface area contributed by atoms with E-state index < -0.39 is 5.91 Å². The molecule has 0 fully saturated rings. The minimum absolute atomic E-state index is 0.164. The smallest absolute Gasteiger partial charge is 0.267 e. The first-order valence-corrected chi connectivity index (χ1v) is 8.75. The van der Waals surface area contributed by atoms with E-state index in [4.69, 9.17) is 0 Å². The van der Waals surface area contributed by atoms with Crippen LogP contribution < -0.4 is 11.0 Å². The van der Waals surface area contributed by atoms with E-state index in [2.05, 4.69) is 15.6 Å². The van der Waals surface area contributed by atoms with Crippen LogP contribution in [0.4, 0.5) is 0 Å². The number of para-hydroxylation sites is 1. The van der Waals surface area contributed by atoms with E-state index in [1.165, 1.54) is 10.3 Å². The highest BCUT2D eigenvalue weighted by Crippen LogP contribution is 2.16. The Bertz CT molecular complexity index is 1140. The van der Waals surface area contributed by atoms with Gasteiger partial charge in [0.2, 0.25) is 0 Å². The molecule has 6 nitrogen and oxygen atoms in total. The lowest BCUT2D eigenvalue weighted by molar-refractivity contribution is 0.0950. The number of nitrogens with zero attached hydrogens (tertiary/aromatic N) is 3. The standard InChI is InChI=1S/C21H18N4O2/c1-14-11-12-15(13-14)22-23-20(26)19-17-9-5-6-10-18(17)21(27)25(24-19)16-7-3-2-4-8-16/h2-10,13H,11-12H2,1H3,(H,23,26)/b22-15+. The third kappa shape index (κ3) is 3.29. The topological polar surface area (TPSA) is 76.3 Å². The number of nitrogens with one attached hydrogen (secondary N) is 1. The maximum atomic E-state index is 12.8. The highest BCUT2D eigenvalue weighted by Gasteiger charge is 2.17. The van der Waals surface area contributed by atoms with E-state index in [-0.39, 0.29) is 11.3 Å². The van der Waals surface area contributed by atoms with Crippen LogP contribution >= 0.6 is 0 Å². The van der Waals surface area contributed by atoms with Gasteiger partial charge in [-0.25, -0.2) is 5.43 Å². The zero-order valence-corrected chi connectivity index (χ0v) is 14.8. The van der Waals surface area contributed by atoms with Crippen LogP contribution in [0.5, 0.6) is 0 Å². The molecule has 3 aromatic rings. The molecule has 2 aromatic carbocycles. The summed E-state index contributed by atoms with van der Waals surface area (Å²) >= 11 is 0. The summed E-state index contributed by atoms with van der Waals surface area (Å²) in [5.74, 6) is -0.443. The fourth-order valence-corrected chi connectivity index (χ4v) is 3.12. The predicted molar refractivity (Wildman–Crippen MR) is 105 cm³/mol. The molecular weight excluding hydrogens is 340 g/mol. The van der Waals surface area contributed by atoms with Crippen LogP contribution in [0.1, 0.15) is 30.3 Å². The number of allylic oxidation sites excluding steroid dienone is 2. The number of rotatable bonds is 3. The second-order valence-electron chi connectivity index (χ2n) is 6.48. The van der Waals surface area contributed by atoms with Crippen LogP contribution in [0.2, 0.25) is 0 Å². The molecule has 0 atom stereocenters. The minimum Gasteiger partial charge on any atom is -0.267 e. The van der Waals surface area contributed by atoms with Gasteiger partial charge < -0.3 is 0 Å². The summed E-state index contributed by atoms with van der Waals surface area (Å²) in [4.78, 5) is 25.6. The van der Waals surface area contributed by atoms with Crippen molar-refractivity contribution < 1.29 is 4.79 Å². The fourth-order valence-electron chi connectivity index (χ4n) is 3.12. The van der Waals surface area contributed by atoms with Crippen molar-refractivity contribution in [3.05, 3.63) is 82.3 Å². The van der Waals surface area contributed by atoms with E-state index >= 15 is 0 Å². The molecule has 0 saturated carbocycles. The van der Waals surface area contributed by atoms with E-state index in [0.717, 1.165) is 18.6 Å². The molecule has 0 spiro atoms. The van der Waals surface area contributed by atoms with Gasteiger partial charge in [-0.15, -0.1) is 0 Å². The second-order valence-corrected chi connectivity index (χ2v) is 6.48. The molecule has 4 rings (SSSR count). The van der Waals surface area contributed by atoms with Crippen LogP contribution in [-0.4, -0.2) is 21.4 Å². The maximum Gasteiger partial charge on any atom is 0.292 e. The summed E-state index contributed by atoms with van der Waals surface area (Å²) in [7, 11) is 0. The highest BCUT2D eigenvalue weighted by atomic mass is 16.2. The van der Waals surface area contributed by atoms with Crippen molar-refractivity contribution in [2.45, 2.75) is 19.8 Å². The van der Waals surface area contributed by atoms with Gasteiger partial charge in [0, 0.05) is 5.39 Å². The van der Waals surface area contributed by atoms with E-state index in [9.17, 15) is 9.59 Å². The Hall–Kier alpha value is -3.54. The van der Waals surface area contributed by atoms with Crippen molar-refractivity contribution in [3.63, 3.8) is 0 Å². The summed E-state index contributed by atoms with van der Waals surface area (Å²) in [6, 6.07) is 16.0. The maximum absolute atomic E-state index is 12.8. The molecule has 1 aliphatic carbocycles. The molecule has 1 aromatic heterocycles. The summed E-state index contributed by atoms with van der Waals surface area (Å²) in [5.41, 5.74) is 5.15. The Morgan fingerprint density at radius 3 is 2.44 bits per heavy atom. The van der Waals surface area contributed by atoms with E-state index in [1.54, 1.807) is 36.4 Å². The molecule has 0 radical (unpaired) electrons. The minimum atomic E-state index is -0.443. The van der Waals surface area contributed by atoms with E-state index in [1.807, 2.05) is 31.2 Å². The lowest BCUT2D eigenvalue weighted by Crippen LogP contribution is -2.28. The van der Waals surface area contributed by atoms with Crippen LogP contribution in [0, 0.1) is 0 Å². The first-order valence-electron chi connectivity index (χ1n) is 8.75. The lowest BCUT2D eigenvalue weighted by Gasteiger charge is -2.10. The molecule has 0 unspecified atom stereocenters. The van der Waals surface area contributed by atoms with Gasteiger partial charge in [-0.1, -0.05) is 42.0 Å². The van der Waals surface area contributed by atoms with Crippen molar-refractivity contribution in [1.29, 1.82) is 0 Å². The first-order chi connectivity index (χ1) is 13.1. The SMILES string of the molecule is CC1=C/C(=N/NC(=O)c2nn(-c3ccccc3)c(=O)c3ccccc23)CC1. The molecule has 27 heavy (non-hydrogen) atoms. The monoisotopic (exact) mass is 358 g/mol. The van der Waals surface area contributed by atoms with Gasteiger partial charge in [0.25, 0.3) is 11.5 Å². The van der Waals surface area contributed by atoms with Gasteiger partial charge in [-0.05, 0) is 44.0 Å². The number of hydrogen-bond donors (Lipinski definition) is 1. The molecule has 1 N–H and O–H groups in total. The first kappa shape index (κ1) is 16.9. The van der Waals surface area contributed by atoms with Crippen LogP contribution in [-0.2, 0) is 0 Å². The number of benzene rings is 2. The summed E-state index contributed by atoms with van der Waals surface area (Å²) in [6.45, 7) is 2.04. The Labute approximate surface area is 155 Å². The van der Waals surface area contributed by atoms with Crippen molar-refractivity contribution in [2.24, 2.45) is 5.10 Å². The zero-order chi connectivity index (χ0) is 18.8. The molecule has 134 valence electrons. The Morgan fingerprint density at radius 1 is 1.04 bits per heavy atom. The Morgan fingerprint density at radius 2 is 1.74 bits per heavy atom. The molecular formula is C21H18N4O2. The molecule has 6 heteroatoms. The van der Waals surface area contributed by atoms with Crippen molar-refractivity contribution in [2.75, 3.05) is 0 Å². The molecule has 0 aliphatic heterocycles. The number of amides is 1. The van der Waals surface area contributed by atoms with Gasteiger partial charge >= 0.3 is 0 Å². The lowest BCUT2D eigenvalue weighted by atomic mass is 10.1. The van der Waals surface area contributed by atoms with Crippen molar-refractivity contribution in [1.82, 2.24) is 15.2 Å². The third-order valence-electron chi connectivity index (χ3n) is 4.51. The number of carbonyl (C=O) groups is 1. The molecule has 1 heterocycles. The number of hydrogen-bond acceptors (Lipinski definition) is 4. The highest BCUT2D eigenvalue weighted by molar-refractivity contribution is 6.06. The number of hydrazone groups is 1. The zero-order valence-electron chi connectivity index (χ0n) is 14.8. The summed E-state index contributed by atoms with van der Waals surface area (Å²) < 4.78 is 1.25. The predicted octanol–water partition coefficient (Wildman–Crippen LogP) is 3.21. The fraction of sp³-hybridized carbons (Fsp3) is 0.143. The summed E-state index contributed by atoms with van der Waals surface area (Å²) in [6.07, 6.45) is 3.73. The third-order valence-corrected chi connectivity index (χ3v) is 4.51. The number of fused-ring (bicyclic) bond motifs is 1. The van der Waals surface area contributed by atoms with Gasteiger partial charge in [0.15, 0.2) is 5.69 Å². The van der Waals surface area contributed by atoms with Gasteiger partial charge in [0.1, 0.15) is 0 Å². The molecule has 0 saturated heterocycles.